The van der Waals surface area contributed by atoms with E-state index in [1.54, 1.807) is 0 Å². The molecule has 0 radical (unpaired) electrons. The molecule has 0 aromatic heterocycles. The predicted octanol–water partition coefficient (Wildman–Crippen LogP) is 3.47. The van der Waals surface area contributed by atoms with Gasteiger partial charge in [0.2, 0.25) is 0 Å². The molecule has 2 aliphatic rings. The van der Waals surface area contributed by atoms with Crippen molar-refractivity contribution in [2.24, 2.45) is 10.9 Å². The van der Waals surface area contributed by atoms with Gasteiger partial charge in [0.05, 0.1) is 13.2 Å². The number of hydrogen-bond acceptors (Lipinski definition) is 3. The van der Waals surface area contributed by atoms with Gasteiger partial charge in [-0.05, 0) is 44.2 Å². The van der Waals surface area contributed by atoms with Gasteiger partial charge in [-0.2, -0.15) is 0 Å². The summed E-state index contributed by atoms with van der Waals surface area (Å²) in [7, 11) is 0. The van der Waals surface area contributed by atoms with Crippen LogP contribution in [0, 0.1) is 12.8 Å². The number of hydrogen-bond donors (Lipinski definition) is 2. The van der Waals surface area contributed by atoms with Crippen molar-refractivity contribution in [1.82, 2.24) is 10.6 Å². The second-order valence-corrected chi connectivity index (χ2v) is 7.37. The van der Waals surface area contributed by atoms with Gasteiger partial charge in [-0.3, -0.25) is 4.99 Å². The second kappa shape index (κ2) is 11.9. The minimum absolute atomic E-state index is 0. The Labute approximate surface area is 180 Å². The maximum atomic E-state index is 5.75. The van der Waals surface area contributed by atoms with E-state index < -0.39 is 0 Å². The van der Waals surface area contributed by atoms with Gasteiger partial charge < -0.3 is 20.1 Å². The molecule has 0 bridgehead atoms. The van der Waals surface area contributed by atoms with Crippen molar-refractivity contribution in [3.05, 3.63) is 35.4 Å². The minimum Gasteiger partial charge on any atom is -0.381 e. The Morgan fingerprint density at radius 2 is 2.19 bits per heavy atom. The Kier molecular flexibility index (Phi) is 9.86. The average Bonchev–Trinajstić information content (AvgIpc) is 3.19. The zero-order chi connectivity index (χ0) is 18.2. The summed E-state index contributed by atoms with van der Waals surface area (Å²) in [5, 5.41) is 6.94. The Balaban J connectivity index is 0.00000261. The summed E-state index contributed by atoms with van der Waals surface area (Å²) in [5.74, 6) is 2.13. The van der Waals surface area contributed by atoms with E-state index in [4.69, 9.17) is 14.5 Å². The molecule has 1 aromatic rings. The molecule has 1 heterocycles. The number of halogens is 1. The molecule has 3 unspecified atom stereocenters. The molecule has 1 aromatic carbocycles. The maximum Gasteiger partial charge on any atom is 0.191 e. The molecular formula is C21H34IN3O2. The Morgan fingerprint density at radius 3 is 2.93 bits per heavy atom. The number of rotatable bonds is 9. The first kappa shape index (κ1) is 22.4. The smallest absolute Gasteiger partial charge is 0.191 e. The van der Waals surface area contributed by atoms with Gasteiger partial charge in [-0.15, -0.1) is 24.0 Å². The van der Waals surface area contributed by atoms with Crippen molar-refractivity contribution >= 4 is 29.9 Å². The van der Waals surface area contributed by atoms with Crippen molar-refractivity contribution in [2.45, 2.75) is 45.1 Å². The number of aryl methyl sites for hydroxylation is 1. The fourth-order valence-electron chi connectivity index (χ4n) is 3.52. The third-order valence-electron chi connectivity index (χ3n) is 5.14. The molecule has 2 N–H and O–H groups in total. The van der Waals surface area contributed by atoms with E-state index in [0.717, 1.165) is 58.3 Å². The summed E-state index contributed by atoms with van der Waals surface area (Å²) in [4.78, 5) is 4.70. The van der Waals surface area contributed by atoms with Crippen molar-refractivity contribution in [3.63, 3.8) is 0 Å². The number of aliphatic imine (C=N–C) groups is 1. The van der Waals surface area contributed by atoms with Crippen molar-refractivity contribution in [1.29, 1.82) is 0 Å². The fraction of sp³-hybridized carbons (Fsp3) is 0.667. The van der Waals surface area contributed by atoms with Crippen LogP contribution in [0.2, 0.25) is 0 Å². The van der Waals surface area contributed by atoms with Crippen LogP contribution in [0.15, 0.2) is 29.3 Å². The SMILES string of the molecule is CCNC(=NCCCOCC1CCOC1)NC1CC1c1ccccc1C.I. The number of guanidine groups is 1. The zero-order valence-corrected chi connectivity index (χ0v) is 18.9. The number of benzene rings is 1. The highest BCUT2D eigenvalue weighted by molar-refractivity contribution is 14.0. The highest BCUT2D eigenvalue weighted by atomic mass is 127. The highest BCUT2D eigenvalue weighted by Gasteiger charge is 2.39. The van der Waals surface area contributed by atoms with E-state index in [0.29, 0.717) is 17.9 Å². The quantitative estimate of drug-likeness (QED) is 0.243. The van der Waals surface area contributed by atoms with Gasteiger partial charge in [0.1, 0.15) is 0 Å². The first-order chi connectivity index (χ1) is 12.8. The minimum atomic E-state index is 0. The fourth-order valence-corrected chi connectivity index (χ4v) is 3.52. The number of ether oxygens (including phenoxy) is 2. The normalized spacial score (nSPS) is 24.4. The topological polar surface area (TPSA) is 54.9 Å². The summed E-state index contributed by atoms with van der Waals surface area (Å²) >= 11 is 0. The van der Waals surface area contributed by atoms with E-state index in [1.165, 1.54) is 17.5 Å². The lowest BCUT2D eigenvalue weighted by Crippen LogP contribution is -2.39. The number of nitrogens with zero attached hydrogens (tertiary/aromatic N) is 1. The maximum absolute atomic E-state index is 5.75. The summed E-state index contributed by atoms with van der Waals surface area (Å²) < 4.78 is 11.1. The van der Waals surface area contributed by atoms with Crippen LogP contribution >= 0.6 is 24.0 Å². The van der Waals surface area contributed by atoms with Gasteiger partial charge in [0.15, 0.2) is 5.96 Å². The molecule has 3 rings (SSSR count). The standard InChI is InChI=1S/C21H33N3O2.HI/c1-3-22-21(23-10-6-11-25-14-17-9-12-26-15-17)24-20-13-19(20)18-8-5-4-7-16(18)2;/h4-5,7-8,17,19-20H,3,6,9-15H2,1-2H3,(H2,22,23,24);1H. The Bertz CT molecular complexity index is 591. The molecule has 0 amide bonds. The number of nitrogens with one attached hydrogen (secondary N) is 2. The van der Waals surface area contributed by atoms with Crippen molar-refractivity contribution in [3.8, 4) is 0 Å². The summed E-state index contributed by atoms with van der Waals surface area (Å²) in [5.41, 5.74) is 2.85. The van der Waals surface area contributed by atoms with E-state index >= 15 is 0 Å². The van der Waals surface area contributed by atoms with E-state index in [2.05, 4.69) is 48.7 Å². The van der Waals surface area contributed by atoms with E-state index in [1.807, 2.05) is 0 Å². The molecule has 5 nitrogen and oxygen atoms in total. The van der Waals surface area contributed by atoms with Gasteiger partial charge in [0, 0.05) is 44.2 Å². The first-order valence-corrected chi connectivity index (χ1v) is 10.0. The van der Waals surface area contributed by atoms with Crippen LogP contribution in [0.3, 0.4) is 0 Å². The molecule has 6 heteroatoms. The van der Waals surface area contributed by atoms with Gasteiger partial charge in [0.25, 0.3) is 0 Å². The van der Waals surface area contributed by atoms with Crippen LogP contribution in [-0.4, -0.2) is 51.5 Å². The van der Waals surface area contributed by atoms with Gasteiger partial charge >= 0.3 is 0 Å². The van der Waals surface area contributed by atoms with Gasteiger partial charge in [-0.25, -0.2) is 0 Å². The van der Waals surface area contributed by atoms with Crippen LogP contribution in [-0.2, 0) is 9.47 Å². The van der Waals surface area contributed by atoms with E-state index in [-0.39, 0.29) is 24.0 Å². The molecule has 3 atom stereocenters. The predicted molar refractivity (Wildman–Crippen MR) is 121 cm³/mol. The molecule has 1 saturated carbocycles. The molecule has 2 fully saturated rings. The van der Waals surface area contributed by atoms with Crippen molar-refractivity contribution < 1.29 is 9.47 Å². The molecule has 1 aliphatic carbocycles. The summed E-state index contributed by atoms with van der Waals surface area (Å²) in [6.45, 7) is 9.31. The molecule has 27 heavy (non-hydrogen) atoms. The molecule has 1 aliphatic heterocycles. The van der Waals surface area contributed by atoms with E-state index in [9.17, 15) is 0 Å². The lowest BCUT2D eigenvalue weighted by atomic mass is 10.0. The second-order valence-electron chi connectivity index (χ2n) is 7.37. The molecule has 0 spiro atoms. The average molecular weight is 487 g/mol. The van der Waals surface area contributed by atoms with Crippen LogP contribution in [0.25, 0.3) is 0 Å². The van der Waals surface area contributed by atoms with Crippen LogP contribution in [0.1, 0.15) is 43.2 Å². The third kappa shape index (κ3) is 7.23. The Morgan fingerprint density at radius 1 is 1.33 bits per heavy atom. The van der Waals surface area contributed by atoms with Gasteiger partial charge in [-0.1, -0.05) is 24.3 Å². The summed E-state index contributed by atoms with van der Waals surface area (Å²) in [6.07, 6.45) is 3.27. The Hall–Kier alpha value is -0.860. The molecule has 152 valence electrons. The molecule has 1 saturated heterocycles. The van der Waals surface area contributed by atoms with Crippen molar-refractivity contribution in [2.75, 3.05) is 39.5 Å². The lowest BCUT2D eigenvalue weighted by molar-refractivity contribution is 0.0893. The molecular weight excluding hydrogens is 453 g/mol. The van der Waals surface area contributed by atoms with Crippen LogP contribution in [0.5, 0.6) is 0 Å². The highest BCUT2D eigenvalue weighted by Crippen LogP contribution is 2.41. The lowest BCUT2D eigenvalue weighted by Gasteiger charge is -2.12. The van der Waals surface area contributed by atoms with Crippen LogP contribution in [0.4, 0.5) is 0 Å². The summed E-state index contributed by atoms with van der Waals surface area (Å²) in [6, 6.07) is 9.18. The zero-order valence-electron chi connectivity index (χ0n) is 16.6. The van der Waals surface area contributed by atoms with Crippen LogP contribution < -0.4 is 10.6 Å². The third-order valence-corrected chi connectivity index (χ3v) is 5.14. The first-order valence-electron chi connectivity index (χ1n) is 10.0. The monoisotopic (exact) mass is 487 g/mol. The largest absolute Gasteiger partial charge is 0.381 e.